The van der Waals surface area contributed by atoms with E-state index in [-0.39, 0.29) is 29.4 Å². The van der Waals surface area contributed by atoms with Crippen molar-refractivity contribution in [3.63, 3.8) is 0 Å². The fourth-order valence-electron chi connectivity index (χ4n) is 5.61. The number of aromatic amines is 1. The number of hydrogen-bond donors (Lipinski definition) is 1. The van der Waals surface area contributed by atoms with Crippen molar-refractivity contribution < 1.29 is 18.8 Å². The lowest BCUT2D eigenvalue weighted by Crippen LogP contribution is -2.43. The maximum Gasteiger partial charge on any atom is 0.494 e. The summed E-state index contributed by atoms with van der Waals surface area (Å²) in [5.41, 5.74) is 1.47. The molecule has 2 aromatic rings. The van der Waals surface area contributed by atoms with Gasteiger partial charge in [-0.1, -0.05) is 18.9 Å². The van der Waals surface area contributed by atoms with Crippen LogP contribution in [0.25, 0.3) is 11.0 Å². The van der Waals surface area contributed by atoms with E-state index < -0.39 is 12.7 Å². The lowest BCUT2D eigenvalue weighted by molar-refractivity contribution is 0.00578. The monoisotopic (exact) mass is 467 g/mol. The third-order valence-corrected chi connectivity index (χ3v) is 8.06. The fourth-order valence-corrected chi connectivity index (χ4v) is 5.61. The molecule has 34 heavy (non-hydrogen) atoms. The molecule has 1 N–H and O–H groups in total. The predicted molar refractivity (Wildman–Crippen MR) is 133 cm³/mol. The molecule has 5 rings (SSSR count). The van der Waals surface area contributed by atoms with Gasteiger partial charge >= 0.3 is 13.2 Å². The first-order valence-electron chi connectivity index (χ1n) is 12.7. The zero-order valence-electron chi connectivity index (χ0n) is 21.6. The van der Waals surface area contributed by atoms with Crippen LogP contribution in [-0.2, 0) is 14.0 Å². The Bertz CT molecular complexity index is 1070. The van der Waals surface area contributed by atoms with Crippen molar-refractivity contribution >= 4 is 29.7 Å². The van der Waals surface area contributed by atoms with Gasteiger partial charge in [0.1, 0.15) is 11.4 Å². The van der Waals surface area contributed by atoms with E-state index in [1.165, 1.54) is 6.42 Å². The molecule has 1 saturated carbocycles. The Morgan fingerprint density at radius 2 is 1.82 bits per heavy atom. The van der Waals surface area contributed by atoms with E-state index in [0.717, 1.165) is 48.0 Å². The molecule has 1 aromatic heterocycles. The van der Waals surface area contributed by atoms with Crippen molar-refractivity contribution in [1.29, 1.82) is 0 Å². The van der Waals surface area contributed by atoms with Crippen LogP contribution in [0.5, 0.6) is 0 Å². The molecule has 0 spiro atoms. The maximum atomic E-state index is 13.3. The molecule has 1 aliphatic carbocycles. The largest absolute Gasteiger partial charge is 0.494 e. The van der Waals surface area contributed by atoms with Crippen LogP contribution in [0.2, 0.25) is 0 Å². The van der Waals surface area contributed by atoms with Crippen molar-refractivity contribution in [1.82, 2.24) is 14.9 Å². The van der Waals surface area contributed by atoms with Crippen molar-refractivity contribution in [2.75, 3.05) is 0 Å². The van der Waals surface area contributed by atoms with Crippen LogP contribution in [0.3, 0.4) is 0 Å². The summed E-state index contributed by atoms with van der Waals surface area (Å²) in [6.45, 7) is 14.0. The van der Waals surface area contributed by atoms with Gasteiger partial charge in [-0.3, -0.25) is 4.90 Å². The van der Waals surface area contributed by atoms with Crippen LogP contribution in [0.15, 0.2) is 18.2 Å². The number of amides is 1. The second-order valence-electron chi connectivity index (χ2n) is 12.2. The van der Waals surface area contributed by atoms with Crippen LogP contribution < -0.4 is 5.46 Å². The molecule has 7 nitrogen and oxygen atoms in total. The number of H-pyrrole nitrogens is 1. The number of hydrogen-bond acceptors (Lipinski definition) is 5. The highest BCUT2D eigenvalue weighted by molar-refractivity contribution is 6.62. The number of imidazole rings is 1. The van der Waals surface area contributed by atoms with E-state index in [4.69, 9.17) is 19.0 Å². The molecule has 3 heterocycles. The molecule has 8 heteroatoms. The quantitative estimate of drug-likeness (QED) is 0.622. The first-order valence-corrected chi connectivity index (χ1v) is 12.7. The third-order valence-electron chi connectivity index (χ3n) is 8.06. The second-order valence-corrected chi connectivity index (χ2v) is 12.2. The van der Waals surface area contributed by atoms with Gasteiger partial charge in [0.15, 0.2) is 0 Å². The number of nitrogens with zero attached hydrogens (tertiary/aromatic N) is 2. The molecular weight excluding hydrogens is 429 g/mol. The Morgan fingerprint density at radius 3 is 2.50 bits per heavy atom. The summed E-state index contributed by atoms with van der Waals surface area (Å²) in [6.07, 6.45) is 5.27. The minimum absolute atomic E-state index is 0.101. The van der Waals surface area contributed by atoms with E-state index in [1.54, 1.807) is 0 Å². The van der Waals surface area contributed by atoms with Crippen molar-refractivity contribution in [2.45, 2.75) is 109 Å². The second kappa shape index (κ2) is 7.99. The van der Waals surface area contributed by atoms with Gasteiger partial charge in [-0.2, -0.15) is 0 Å². The Kier molecular flexibility index (Phi) is 5.56. The Hall–Kier alpha value is -2.06. The average Bonchev–Trinajstić information content (AvgIpc) is 3.37. The van der Waals surface area contributed by atoms with Gasteiger partial charge < -0.3 is 19.0 Å². The molecule has 2 aliphatic heterocycles. The molecule has 0 radical (unpaired) electrons. The summed E-state index contributed by atoms with van der Waals surface area (Å²) in [6, 6.07) is 6.22. The minimum atomic E-state index is -0.528. The number of nitrogens with one attached hydrogen (secondary N) is 1. The smallest absolute Gasteiger partial charge is 0.444 e. The first kappa shape index (κ1) is 23.7. The number of benzene rings is 1. The number of carbonyl (C=O) groups excluding carboxylic acids is 1. The number of likely N-dealkylation sites (tertiary alicyclic amines) is 1. The maximum absolute atomic E-state index is 13.3. The summed E-state index contributed by atoms with van der Waals surface area (Å²) in [4.78, 5) is 23.7. The molecule has 3 unspecified atom stereocenters. The summed E-state index contributed by atoms with van der Waals surface area (Å²) in [5, 5.41) is 0. The first-order chi connectivity index (χ1) is 15.8. The molecule has 0 bridgehead atoms. The molecule has 1 amide bonds. The highest BCUT2D eigenvalue weighted by atomic mass is 16.7. The molecule has 3 fully saturated rings. The van der Waals surface area contributed by atoms with Gasteiger partial charge in [-0.05, 0) is 91.2 Å². The van der Waals surface area contributed by atoms with Gasteiger partial charge in [0, 0.05) is 6.04 Å². The van der Waals surface area contributed by atoms with Crippen LogP contribution in [0, 0.1) is 5.92 Å². The molecule has 1 aromatic carbocycles. The van der Waals surface area contributed by atoms with E-state index in [2.05, 4.69) is 38.7 Å². The molecule has 3 aliphatic rings. The predicted octanol–water partition coefficient (Wildman–Crippen LogP) is 5.10. The summed E-state index contributed by atoms with van der Waals surface area (Å²) in [5.74, 6) is 1.33. The zero-order chi connectivity index (χ0) is 24.5. The van der Waals surface area contributed by atoms with Gasteiger partial charge in [-0.25, -0.2) is 9.78 Å². The SMILES string of the molecule is CC(C)(C)OC(=O)N1C(c2nc3ccc(B4OC(C)(C)C(C)(C)O4)cc3[nH]2)CC2CCCCC21. The minimum Gasteiger partial charge on any atom is -0.444 e. The van der Waals surface area contributed by atoms with Crippen LogP contribution in [0.1, 0.15) is 92.4 Å². The van der Waals surface area contributed by atoms with Crippen LogP contribution >= 0.6 is 0 Å². The lowest BCUT2D eigenvalue weighted by atomic mass is 9.79. The zero-order valence-corrected chi connectivity index (χ0v) is 21.6. The normalized spacial score (nSPS) is 28.4. The van der Waals surface area contributed by atoms with Crippen LogP contribution in [0.4, 0.5) is 4.79 Å². The Morgan fingerprint density at radius 1 is 1.15 bits per heavy atom. The third kappa shape index (κ3) is 4.13. The fraction of sp³-hybridized carbons (Fsp3) is 0.692. The van der Waals surface area contributed by atoms with Crippen molar-refractivity contribution in [3.8, 4) is 0 Å². The van der Waals surface area contributed by atoms with E-state index in [9.17, 15) is 4.79 Å². The number of ether oxygens (including phenoxy) is 1. The number of rotatable bonds is 2. The van der Waals surface area contributed by atoms with Gasteiger partial charge in [-0.15, -0.1) is 0 Å². The van der Waals surface area contributed by atoms with Crippen molar-refractivity contribution in [3.05, 3.63) is 24.0 Å². The van der Waals surface area contributed by atoms with Gasteiger partial charge in [0.05, 0.1) is 28.3 Å². The summed E-state index contributed by atoms with van der Waals surface area (Å²) in [7, 11) is -0.422. The molecule has 184 valence electrons. The Balaban J connectivity index is 1.45. The van der Waals surface area contributed by atoms with Crippen molar-refractivity contribution in [2.24, 2.45) is 5.92 Å². The molecular formula is C26H38BN3O4. The summed E-state index contributed by atoms with van der Waals surface area (Å²) >= 11 is 0. The van der Waals surface area contributed by atoms with Gasteiger partial charge in [0.2, 0.25) is 0 Å². The molecule has 2 saturated heterocycles. The summed E-state index contributed by atoms with van der Waals surface area (Å²) < 4.78 is 18.3. The highest BCUT2D eigenvalue weighted by Crippen LogP contribution is 2.46. The van der Waals surface area contributed by atoms with E-state index in [0.29, 0.717) is 5.92 Å². The molecule has 3 atom stereocenters. The standard InChI is InChI=1S/C26H38BN3O4/c1-24(2,3)32-23(31)30-20-11-9-8-10-16(20)14-21(30)22-28-18-13-12-17(15-19(18)29-22)27-33-25(4,5)26(6,7)34-27/h12-13,15-16,20-21H,8-11,14H2,1-7H3,(H,28,29). The van der Waals surface area contributed by atoms with E-state index >= 15 is 0 Å². The Labute approximate surface area is 203 Å². The lowest BCUT2D eigenvalue weighted by Gasteiger charge is -2.34. The number of fused-ring (bicyclic) bond motifs is 2. The van der Waals surface area contributed by atoms with Gasteiger partial charge in [0.25, 0.3) is 0 Å². The number of carbonyl (C=O) groups is 1. The van der Waals surface area contributed by atoms with E-state index in [1.807, 2.05) is 37.8 Å². The van der Waals surface area contributed by atoms with Crippen LogP contribution in [-0.4, -0.2) is 50.9 Å². The highest BCUT2D eigenvalue weighted by Gasteiger charge is 2.52. The average molecular weight is 467 g/mol. The topological polar surface area (TPSA) is 76.7 Å². The number of aromatic nitrogens is 2.